The molecule has 1 heterocycles. The van der Waals surface area contributed by atoms with E-state index in [0.29, 0.717) is 17.5 Å². The van der Waals surface area contributed by atoms with Crippen molar-refractivity contribution >= 4 is 16.8 Å². The predicted molar refractivity (Wildman–Crippen MR) is 80.6 cm³/mol. The van der Waals surface area contributed by atoms with Gasteiger partial charge >= 0.3 is 0 Å². The van der Waals surface area contributed by atoms with Gasteiger partial charge in [0, 0.05) is 17.6 Å². The van der Waals surface area contributed by atoms with Crippen LogP contribution in [0.15, 0.2) is 36.5 Å². The third kappa shape index (κ3) is 2.67. The molecule has 2 unspecified atom stereocenters. The van der Waals surface area contributed by atoms with Crippen LogP contribution in [0.5, 0.6) is 0 Å². The van der Waals surface area contributed by atoms with Gasteiger partial charge in [-0.25, -0.2) is 0 Å². The highest BCUT2D eigenvalue weighted by molar-refractivity contribution is 6.05. The number of hydrogen-bond donors (Lipinski definition) is 1. The first-order valence-corrected chi connectivity index (χ1v) is 7.38. The van der Waals surface area contributed by atoms with E-state index < -0.39 is 0 Å². The third-order valence-corrected chi connectivity index (χ3v) is 4.15. The lowest BCUT2D eigenvalue weighted by Gasteiger charge is -2.27. The smallest absolute Gasteiger partial charge is 0.253 e. The van der Waals surface area contributed by atoms with Crippen molar-refractivity contribution in [3.8, 4) is 0 Å². The Bertz CT molecular complexity index is 618. The second-order valence-electron chi connectivity index (χ2n) is 5.82. The molecule has 1 aliphatic carbocycles. The fourth-order valence-corrected chi connectivity index (χ4v) is 3.12. The molecule has 0 aliphatic heterocycles. The minimum absolute atomic E-state index is 0.00778. The van der Waals surface area contributed by atoms with E-state index in [2.05, 4.69) is 17.2 Å². The van der Waals surface area contributed by atoms with Gasteiger partial charge in [-0.2, -0.15) is 0 Å². The second-order valence-corrected chi connectivity index (χ2v) is 5.82. The van der Waals surface area contributed by atoms with Gasteiger partial charge in [-0.15, -0.1) is 0 Å². The summed E-state index contributed by atoms with van der Waals surface area (Å²) in [5.41, 5.74) is 1.47. The van der Waals surface area contributed by atoms with Crippen LogP contribution in [0.2, 0.25) is 0 Å². The molecule has 1 aliphatic rings. The Morgan fingerprint density at radius 1 is 1.25 bits per heavy atom. The number of para-hydroxylation sites is 1. The van der Waals surface area contributed by atoms with Crippen molar-refractivity contribution < 1.29 is 4.79 Å². The first kappa shape index (κ1) is 13.1. The van der Waals surface area contributed by atoms with Crippen molar-refractivity contribution in [3.63, 3.8) is 0 Å². The Morgan fingerprint density at radius 2 is 2.10 bits per heavy atom. The van der Waals surface area contributed by atoms with Gasteiger partial charge in [-0.05, 0) is 30.9 Å². The number of amides is 1. The maximum absolute atomic E-state index is 12.5. The van der Waals surface area contributed by atoms with Gasteiger partial charge in [-0.3, -0.25) is 9.78 Å². The van der Waals surface area contributed by atoms with E-state index in [1.165, 1.54) is 12.8 Å². The summed E-state index contributed by atoms with van der Waals surface area (Å²) in [7, 11) is 0. The van der Waals surface area contributed by atoms with Crippen molar-refractivity contribution in [1.29, 1.82) is 0 Å². The number of fused-ring (bicyclic) bond motifs is 1. The Hall–Kier alpha value is -1.90. The topological polar surface area (TPSA) is 42.0 Å². The van der Waals surface area contributed by atoms with Gasteiger partial charge in [-0.1, -0.05) is 38.0 Å². The largest absolute Gasteiger partial charge is 0.349 e. The SMILES string of the molecule is CC1CCCC(NC(=O)c2cccc3cccnc23)C1. The van der Waals surface area contributed by atoms with Crippen LogP contribution in [-0.4, -0.2) is 16.9 Å². The number of nitrogens with zero attached hydrogens (tertiary/aromatic N) is 1. The quantitative estimate of drug-likeness (QED) is 0.905. The number of carbonyl (C=O) groups excluding carboxylic acids is 1. The van der Waals surface area contributed by atoms with Crippen molar-refractivity contribution in [2.24, 2.45) is 5.92 Å². The van der Waals surface area contributed by atoms with Crippen LogP contribution in [0, 0.1) is 5.92 Å². The molecule has 3 heteroatoms. The molecule has 2 atom stereocenters. The molecule has 0 spiro atoms. The number of aromatic nitrogens is 1. The Morgan fingerprint density at radius 3 is 2.95 bits per heavy atom. The van der Waals surface area contributed by atoms with Crippen LogP contribution in [0.25, 0.3) is 10.9 Å². The number of rotatable bonds is 2. The van der Waals surface area contributed by atoms with Crippen LogP contribution in [0.4, 0.5) is 0 Å². The van der Waals surface area contributed by atoms with Crippen LogP contribution >= 0.6 is 0 Å². The molecule has 104 valence electrons. The molecule has 1 aromatic heterocycles. The molecule has 20 heavy (non-hydrogen) atoms. The normalized spacial score (nSPS) is 22.6. The molecule has 1 saturated carbocycles. The van der Waals surface area contributed by atoms with Crippen LogP contribution in [-0.2, 0) is 0 Å². The van der Waals surface area contributed by atoms with Crippen molar-refractivity contribution in [3.05, 3.63) is 42.1 Å². The molecular formula is C17H20N2O. The fourth-order valence-electron chi connectivity index (χ4n) is 3.12. The number of benzene rings is 1. The van der Waals surface area contributed by atoms with E-state index in [4.69, 9.17) is 0 Å². The van der Waals surface area contributed by atoms with Gasteiger partial charge in [0.25, 0.3) is 5.91 Å². The summed E-state index contributed by atoms with van der Waals surface area (Å²) in [4.78, 5) is 16.8. The zero-order chi connectivity index (χ0) is 13.9. The second kappa shape index (κ2) is 5.61. The molecule has 3 rings (SSSR count). The average Bonchev–Trinajstić information content (AvgIpc) is 2.46. The number of nitrogens with one attached hydrogen (secondary N) is 1. The van der Waals surface area contributed by atoms with E-state index in [0.717, 1.165) is 23.7 Å². The maximum atomic E-state index is 12.5. The van der Waals surface area contributed by atoms with Gasteiger partial charge < -0.3 is 5.32 Å². The minimum atomic E-state index is 0.00778. The summed E-state index contributed by atoms with van der Waals surface area (Å²) in [5.74, 6) is 0.716. The van der Waals surface area contributed by atoms with Crippen LogP contribution in [0.3, 0.4) is 0 Å². The maximum Gasteiger partial charge on any atom is 0.253 e. The summed E-state index contributed by atoms with van der Waals surface area (Å²) in [6.45, 7) is 2.26. The monoisotopic (exact) mass is 268 g/mol. The Balaban J connectivity index is 1.82. The van der Waals surface area contributed by atoms with E-state index in [9.17, 15) is 4.79 Å². The molecule has 3 nitrogen and oxygen atoms in total. The summed E-state index contributed by atoms with van der Waals surface area (Å²) in [6, 6.07) is 9.96. The summed E-state index contributed by atoms with van der Waals surface area (Å²) in [6.07, 6.45) is 6.40. The van der Waals surface area contributed by atoms with Crippen molar-refractivity contribution in [2.45, 2.75) is 38.6 Å². The highest BCUT2D eigenvalue weighted by Crippen LogP contribution is 2.24. The van der Waals surface area contributed by atoms with Gasteiger partial charge in [0.2, 0.25) is 0 Å². The van der Waals surface area contributed by atoms with Gasteiger partial charge in [0.1, 0.15) is 0 Å². The van der Waals surface area contributed by atoms with Gasteiger partial charge in [0.15, 0.2) is 0 Å². The van der Waals surface area contributed by atoms with Gasteiger partial charge in [0.05, 0.1) is 11.1 Å². The molecule has 1 amide bonds. The zero-order valence-electron chi connectivity index (χ0n) is 11.8. The highest BCUT2D eigenvalue weighted by atomic mass is 16.1. The minimum Gasteiger partial charge on any atom is -0.349 e. The predicted octanol–water partition coefficient (Wildman–Crippen LogP) is 3.54. The van der Waals surface area contributed by atoms with Crippen LogP contribution < -0.4 is 5.32 Å². The molecule has 0 radical (unpaired) electrons. The third-order valence-electron chi connectivity index (χ3n) is 4.15. The standard InChI is InChI=1S/C17H20N2O/c1-12-5-2-8-14(11-12)19-17(20)15-9-3-6-13-7-4-10-18-16(13)15/h3-4,6-7,9-10,12,14H,2,5,8,11H2,1H3,(H,19,20). The lowest BCUT2D eigenvalue weighted by molar-refractivity contribution is 0.0923. The molecule has 1 N–H and O–H groups in total. The van der Waals surface area contributed by atoms with Crippen molar-refractivity contribution in [1.82, 2.24) is 10.3 Å². The summed E-state index contributed by atoms with van der Waals surface area (Å²) >= 11 is 0. The molecule has 0 saturated heterocycles. The zero-order valence-corrected chi connectivity index (χ0v) is 11.8. The van der Waals surface area contributed by atoms with E-state index in [-0.39, 0.29) is 5.91 Å². The first-order valence-electron chi connectivity index (χ1n) is 7.38. The van der Waals surface area contributed by atoms with E-state index in [1.807, 2.05) is 30.3 Å². The number of pyridine rings is 1. The molecule has 0 bridgehead atoms. The molecular weight excluding hydrogens is 248 g/mol. The van der Waals surface area contributed by atoms with E-state index in [1.54, 1.807) is 6.20 Å². The summed E-state index contributed by atoms with van der Waals surface area (Å²) in [5, 5.41) is 4.19. The average molecular weight is 268 g/mol. The first-order chi connectivity index (χ1) is 9.74. The molecule has 1 aromatic carbocycles. The van der Waals surface area contributed by atoms with Crippen molar-refractivity contribution in [2.75, 3.05) is 0 Å². The fraction of sp³-hybridized carbons (Fsp3) is 0.412. The Kier molecular flexibility index (Phi) is 3.68. The lowest BCUT2D eigenvalue weighted by Crippen LogP contribution is -2.38. The number of carbonyl (C=O) groups is 1. The summed E-state index contributed by atoms with van der Waals surface area (Å²) < 4.78 is 0. The Labute approximate surface area is 119 Å². The van der Waals surface area contributed by atoms with Crippen LogP contribution in [0.1, 0.15) is 43.0 Å². The molecule has 1 fully saturated rings. The number of hydrogen-bond acceptors (Lipinski definition) is 2. The highest BCUT2D eigenvalue weighted by Gasteiger charge is 2.21. The lowest BCUT2D eigenvalue weighted by atomic mass is 9.87. The molecule has 2 aromatic rings. The van der Waals surface area contributed by atoms with E-state index >= 15 is 0 Å².